The molecule has 2 aromatic rings. The van der Waals surface area contributed by atoms with Crippen LogP contribution < -0.4 is 5.32 Å². The zero-order valence-corrected chi connectivity index (χ0v) is 10.0. The van der Waals surface area contributed by atoms with Crippen molar-refractivity contribution in [1.82, 2.24) is 30.3 Å². The predicted octanol–water partition coefficient (Wildman–Crippen LogP) is 0.614. The van der Waals surface area contributed by atoms with Crippen LogP contribution in [0, 0.1) is 0 Å². The third-order valence-electron chi connectivity index (χ3n) is 2.22. The Hall–Kier alpha value is -1.82. The lowest BCUT2D eigenvalue weighted by atomic mass is 10.3. The lowest BCUT2D eigenvalue weighted by molar-refractivity contribution is 0.580. The van der Waals surface area contributed by atoms with E-state index in [1.807, 2.05) is 6.20 Å². The van der Waals surface area contributed by atoms with E-state index in [0.717, 1.165) is 17.9 Å². The maximum atomic E-state index is 4.19. The summed E-state index contributed by atoms with van der Waals surface area (Å²) >= 11 is 0. The van der Waals surface area contributed by atoms with E-state index in [2.05, 4.69) is 39.4 Å². The summed E-state index contributed by atoms with van der Waals surface area (Å²) in [6, 6.07) is 0.445. The molecule has 2 heterocycles. The molecule has 0 saturated heterocycles. The van der Waals surface area contributed by atoms with E-state index in [1.54, 1.807) is 23.3 Å². The van der Waals surface area contributed by atoms with Crippen molar-refractivity contribution in [1.29, 1.82) is 0 Å². The Labute approximate surface area is 100 Å². The second-order valence-corrected chi connectivity index (χ2v) is 4.14. The molecule has 2 rings (SSSR count). The first-order valence-corrected chi connectivity index (χ1v) is 5.61. The molecule has 2 aromatic heterocycles. The van der Waals surface area contributed by atoms with Crippen LogP contribution in [-0.4, -0.2) is 31.0 Å². The second-order valence-electron chi connectivity index (χ2n) is 4.14. The van der Waals surface area contributed by atoms with Crippen molar-refractivity contribution in [3.05, 3.63) is 36.2 Å². The molecule has 0 unspecified atom stereocenters. The highest BCUT2D eigenvalue weighted by Crippen LogP contribution is 1.98. The van der Waals surface area contributed by atoms with Gasteiger partial charge in [-0.2, -0.15) is 0 Å². The predicted molar refractivity (Wildman–Crippen MR) is 63.1 cm³/mol. The Morgan fingerprint density at radius 3 is 2.88 bits per heavy atom. The van der Waals surface area contributed by atoms with Gasteiger partial charge in [0.15, 0.2) is 0 Å². The van der Waals surface area contributed by atoms with Crippen LogP contribution in [0.15, 0.2) is 24.8 Å². The minimum Gasteiger partial charge on any atom is -0.309 e. The van der Waals surface area contributed by atoms with Gasteiger partial charge in [-0.15, -0.1) is 5.10 Å². The summed E-state index contributed by atoms with van der Waals surface area (Å²) in [6.07, 6.45) is 6.98. The van der Waals surface area contributed by atoms with E-state index >= 15 is 0 Å². The normalized spacial score (nSPS) is 11.0. The SMILES string of the molecule is CC(C)NCc1cn(Cc2cnccn2)nn1. The Morgan fingerprint density at radius 1 is 1.29 bits per heavy atom. The van der Waals surface area contributed by atoms with Crippen LogP contribution in [0.25, 0.3) is 0 Å². The fourth-order valence-corrected chi connectivity index (χ4v) is 1.38. The first kappa shape index (κ1) is 11.7. The lowest BCUT2D eigenvalue weighted by Crippen LogP contribution is -2.21. The fourth-order valence-electron chi connectivity index (χ4n) is 1.38. The molecule has 6 heteroatoms. The monoisotopic (exact) mass is 232 g/mol. The molecule has 1 N–H and O–H groups in total. The first-order chi connectivity index (χ1) is 8.24. The van der Waals surface area contributed by atoms with Crippen LogP contribution in [0.2, 0.25) is 0 Å². The summed E-state index contributed by atoms with van der Waals surface area (Å²) in [5.74, 6) is 0. The third-order valence-corrected chi connectivity index (χ3v) is 2.22. The summed E-state index contributed by atoms with van der Waals surface area (Å²) in [7, 11) is 0. The smallest absolute Gasteiger partial charge is 0.0965 e. The van der Waals surface area contributed by atoms with Crippen molar-refractivity contribution in [2.75, 3.05) is 0 Å². The molecule has 0 atom stereocenters. The van der Waals surface area contributed by atoms with Gasteiger partial charge in [-0.05, 0) is 0 Å². The lowest BCUT2D eigenvalue weighted by Gasteiger charge is -2.04. The van der Waals surface area contributed by atoms with Crippen molar-refractivity contribution in [2.45, 2.75) is 33.0 Å². The van der Waals surface area contributed by atoms with Gasteiger partial charge in [0.1, 0.15) is 0 Å². The number of aromatic nitrogens is 5. The van der Waals surface area contributed by atoms with Gasteiger partial charge in [-0.3, -0.25) is 9.97 Å². The van der Waals surface area contributed by atoms with E-state index in [9.17, 15) is 0 Å². The van der Waals surface area contributed by atoms with Gasteiger partial charge in [0.05, 0.1) is 30.3 Å². The topological polar surface area (TPSA) is 68.5 Å². The largest absolute Gasteiger partial charge is 0.309 e. The molecule has 0 bridgehead atoms. The molecule has 6 nitrogen and oxygen atoms in total. The zero-order chi connectivity index (χ0) is 12.1. The number of hydrogen-bond acceptors (Lipinski definition) is 5. The van der Waals surface area contributed by atoms with E-state index in [1.165, 1.54) is 0 Å². The van der Waals surface area contributed by atoms with Crippen LogP contribution in [0.1, 0.15) is 25.2 Å². The van der Waals surface area contributed by atoms with Crippen LogP contribution in [0.4, 0.5) is 0 Å². The van der Waals surface area contributed by atoms with Gasteiger partial charge in [0, 0.05) is 25.0 Å². The Kier molecular flexibility index (Phi) is 3.77. The van der Waals surface area contributed by atoms with E-state index in [0.29, 0.717) is 12.6 Å². The molecule has 0 spiro atoms. The quantitative estimate of drug-likeness (QED) is 0.818. The highest BCUT2D eigenvalue weighted by atomic mass is 15.4. The average Bonchev–Trinajstić information content (AvgIpc) is 2.75. The number of hydrogen-bond donors (Lipinski definition) is 1. The summed E-state index contributed by atoms with van der Waals surface area (Å²) in [6.45, 7) is 5.54. The summed E-state index contributed by atoms with van der Waals surface area (Å²) < 4.78 is 1.77. The minimum atomic E-state index is 0.445. The number of nitrogens with one attached hydrogen (secondary N) is 1. The zero-order valence-electron chi connectivity index (χ0n) is 10.0. The van der Waals surface area contributed by atoms with E-state index in [-0.39, 0.29) is 0 Å². The van der Waals surface area contributed by atoms with E-state index < -0.39 is 0 Å². The third kappa shape index (κ3) is 3.60. The van der Waals surface area contributed by atoms with Crippen LogP contribution in [-0.2, 0) is 13.1 Å². The first-order valence-electron chi connectivity index (χ1n) is 5.61. The number of rotatable bonds is 5. The van der Waals surface area contributed by atoms with Crippen molar-refractivity contribution >= 4 is 0 Å². The molecule has 17 heavy (non-hydrogen) atoms. The van der Waals surface area contributed by atoms with Gasteiger partial charge in [-0.25, -0.2) is 4.68 Å². The Bertz CT molecular complexity index is 450. The molecule has 0 aromatic carbocycles. The van der Waals surface area contributed by atoms with Crippen molar-refractivity contribution in [3.63, 3.8) is 0 Å². The highest BCUT2D eigenvalue weighted by Gasteiger charge is 2.02. The molecule has 0 amide bonds. The molecule has 0 radical (unpaired) electrons. The molecule has 0 aliphatic rings. The minimum absolute atomic E-state index is 0.445. The van der Waals surface area contributed by atoms with Gasteiger partial charge in [0.2, 0.25) is 0 Å². The molecule has 90 valence electrons. The van der Waals surface area contributed by atoms with Gasteiger partial charge < -0.3 is 5.32 Å². The average molecular weight is 232 g/mol. The fraction of sp³-hybridized carbons (Fsp3) is 0.455. The second kappa shape index (κ2) is 5.49. The molecule has 0 fully saturated rings. The molecular formula is C11H16N6. The van der Waals surface area contributed by atoms with Gasteiger partial charge in [0.25, 0.3) is 0 Å². The van der Waals surface area contributed by atoms with Crippen molar-refractivity contribution in [3.8, 4) is 0 Å². The van der Waals surface area contributed by atoms with Crippen LogP contribution in [0.5, 0.6) is 0 Å². The van der Waals surface area contributed by atoms with Crippen molar-refractivity contribution in [2.24, 2.45) is 0 Å². The van der Waals surface area contributed by atoms with Crippen molar-refractivity contribution < 1.29 is 0 Å². The Balaban J connectivity index is 1.94. The Morgan fingerprint density at radius 2 is 2.18 bits per heavy atom. The standard InChI is InChI=1S/C11H16N6/c1-9(2)14-6-11-8-17(16-15-11)7-10-5-12-3-4-13-10/h3-5,8-9,14H,6-7H2,1-2H3. The maximum absolute atomic E-state index is 4.19. The van der Waals surface area contributed by atoms with Gasteiger partial charge in [-0.1, -0.05) is 19.1 Å². The van der Waals surface area contributed by atoms with Crippen LogP contribution in [0.3, 0.4) is 0 Å². The maximum Gasteiger partial charge on any atom is 0.0965 e. The summed E-state index contributed by atoms with van der Waals surface area (Å²) in [5.41, 5.74) is 1.81. The molecule has 0 saturated carbocycles. The van der Waals surface area contributed by atoms with Gasteiger partial charge >= 0.3 is 0 Å². The summed E-state index contributed by atoms with van der Waals surface area (Å²) in [4.78, 5) is 8.20. The van der Waals surface area contributed by atoms with Crippen LogP contribution >= 0.6 is 0 Å². The molecule has 0 aliphatic carbocycles. The van der Waals surface area contributed by atoms with E-state index in [4.69, 9.17) is 0 Å². The highest BCUT2D eigenvalue weighted by molar-refractivity contribution is 4.98. The number of nitrogens with zero attached hydrogens (tertiary/aromatic N) is 5. The summed E-state index contributed by atoms with van der Waals surface area (Å²) in [5, 5.41) is 11.4. The molecular weight excluding hydrogens is 216 g/mol. The molecule has 0 aliphatic heterocycles.